The molecule has 6 nitrogen and oxygen atoms in total. The summed E-state index contributed by atoms with van der Waals surface area (Å²) in [6.45, 7) is 1.93. The number of piperidine rings is 1. The van der Waals surface area contributed by atoms with Crippen molar-refractivity contribution in [3.63, 3.8) is 0 Å². The van der Waals surface area contributed by atoms with Gasteiger partial charge in [-0.1, -0.05) is 0 Å². The summed E-state index contributed by atoms with van der Waals surface area (Å²) in [5, 5.41) is 0. The molecule has 0 bridgehead atoms. The predicted molar refractivity (Wildman–Crippen MR) is 72.3 cm³/mol. The van der Waals surface area contributed by atoms with Crippen LogP contribution < -0.4 is 4.90 Å². The summed E-state index contributed by atoms with van der Waals surface area (Å²) in [6.07, 6.45) is 5.46. The molecule has 0 saturated carbocycles. The summed E-state index contributed by atoms with van der Waals surface area (Å²) in [7, 11) is 5.53. The third kappa shape index (κ3) is 3.20. The Balaban J connectivity index is 2.07. The molecular weight excluding hydrogens is 244 g/mol. The summed E-state index contributed by atoms with van der Waals surface area (Å²) >= 11 is 0. The third-order valence-corrected chi connectivity index (χ3v) is 3.48. The zero-order valence-corrected chi connectivity index (χ0v) is 11.7. The van der Waals surface area contributed by atoms with Gasteiger partial charge in [0.15, 0.2) is 5.69 Å². The number of esters is 1. The average molecular weight is 264 g/mol. The zero-order chi connectivity index (χ0) is 13.8. The van der Waals surface area contributed by atoms with E-state index in [1.54, 1.807) is 6.20 Å². The zero-order valence-electron chi connectivity index (χ0n) is 11.7. The van der Waals surface area contributed by atoms with Crippen molar-refractivity contribution in [2.24, 2.45) is 0 Å². The molecule has 1 fully saturated rings. The Morgan fingerprint density at radius 1 is 1.42 bits per heavy atom. The van der Waals surface area contributed by atoms with Crippen molar-refractivity contribution in [1.82, 2.24) is 14.9 Å². The van der Waals surface area contributed by atoms with Gasteiger partial charge in [-0.15, -0.1) is 0 Å². The van der Waals surface area contributed by atoms with Gasteiger partial charge in [-0.05, 0) is 26.9 Å². The minimum atomic E-state index is -0.455. The Hall–Kier alpha value is -1.69. The lowest BCUT2D eigenvalue weighted by molar-refractivity contribution is 0.0593. The molecule has 0 spiro atoms. The molecule has 104 valence electrons. The molecule has 0 N–H and O–H groups in total. The van der Waals surface area contributed by atoms with Crippen LogP contribution >= 0.6 is 0 Å². The van der Waals surface area contributed by atoms with Gasteiger partial charge in [0, 0.05) is 19.1 Å². The van der Waals surface area contributed by atoms with Gasteiger partial charge in [0.25, 0.3) is 0 Å². The Morgan fingerprint density at radius 2 is 2.21 bits per heavy atom. The average Bonchev–Trinajstić information content (AvgIpc) is 2.46. The van der Waals surface area contributed by atoms with Crippen molar-refractivity contribution in [2.45, 2.75) is 18.9 Å². The highest BCUT2D eigenvalue weighted by Gasteiger charge is 2.22. The molecule has 1 aliphatic heterocycles. The number of hydrogen-bond acceptors (Lipinski definition) is 6. The van der Waals surface area contributed by atoms with Crippen LogP contribution in [0.2, 0.25) is 0 Å². The maximum atomic E-state index is 11.3. The fourth-order valence-electron chi connectivity index (χ4n) is 2.28. The van der Waals surface area contributed by atoms with E-state index < -0.39 is 5.97 Å². The monoisotopic (exact) mass is 264 g/mol. The van der Waals surface area contributed by atoms with Gasteiger partial charge in [-0.2, -0.15) is 0 Å². The number of methoxy groups -OCH3 is 1. The molecular formula is C13H20N4O2. The third-order valence-electron chi connectivity index (χ3n) is 3.48. The highest BCUT2D eigenvalue weighted by atomic mass is 16.5. The number of anilines is 1. The highest BCUT2D eigenvalue weighted by Crippen LogP contribution is 2.19. The minimum Gasteiger partial charge on any atom is -0.464 e. The molecule has 0 radical (unpaired) electrons. The van der Waals surface area contributed by atoms with Crippen molar-refractivity contribution in [2.75, 3.05) is 39.2 Å². The number of rotatable bonds is 3. The van der Waals surface area contributed by atoms with E-state index in [1.807, 2.05) is 0 Å². The van der Waals surface area contributed by atoms with Crippen molar-refractivity contribution < 1.29 is 9.53 Å². The van der Waals surface area contributed by atoms with E-state index >= 15 is 0 Å². The summed E-state index contributed by atoms with van der Waals surface area (Å²) in [5.74, 6) is 0.364. The first-order valence-corrected chi connectivity index (χ1v) is 6.43. The molecule has 19 heavy (non-hydrogen) atoms. The first-order valence-electron chi connectivity index (χ1n) is 6.43. The summed E-state index contributed by atoms with van der Waals surface area (Å²) in [5.41, 5.74) is 0.243. The first kappa shape index (κ1) is 13.7. The number of aromatic nitrogens is 2. The molecule has 1 aromatic rings. The number of hydrogen-bond donors (Lipinski definition) is 0. The fraction of sp³-hybridized carbons (Fsp3) is 0.615. The smallest absolute Gasteiger partial charge is 0.358 e. The SMILES string of the molecule is COC(=O)c1cnc(N2CCCC(N(C)C)C2)cn1. The maximum absolute atomic E-state index is 11.3. The summed E-state index contributed by atoms with van der Waals surface area (Å²) in [6, 6.07) is 0.538. The van der Waals surface area contributed by atoms with Crippen molar-refractivity contribution in [1.29, 1.82) is 0 Å². The maximum Gasteiger partial charge on any atom is 0.358 e. The Bertz CT molecular complexity index is 433. The molecule has 1 aliphatic rings. The fourth-order valence-corrected chi connectivity index (χ4v) is 2.28. The molecule has 1 atom stereocenters. The first-order chi connectivity index (χ1) is 9.11. The molecule has 6 heteroatoms. The second-order valence-corrected chi connectivity index (χ2v) is 4.96. The number of ether oxygens (including phenoxy) is 1. The quantitative estimate of drug-likeness (QED) is 0.752. The van der Waals surface area contributed by atoms with Gasteiger partial charge in [0.2, 0.25) is 0 Å². The van der Waals surface area contributed by atoms with Crippen molar-refractivity contribution in [3.8, 4) is 0 Å². The molecule has 1 saturated heterocycles. The number of carbonyl (C=O) groups excluding carboxylic acids is 1. The van der Waals surface area contributed by atoms with E-state index in [1.165, 1.54) is 19.7 Å². The van der Waals surface area contributed by atoms with Gasteiger partial charge < -0.3 is 14.5 Å². The van der Waals surface area contributed by atoms with Crippen molar-refractivity contribution >= 4 is 11.8 Å². The number of nitrogens with zero attached hydrogens (tertiary/aromatic N) is 4. The Labute approximate surface area is 113 Å². The lowest BCUT2D eigenvalue weighted by Crippen LogP contribution is -2.45. The molecule has 1 aromatic heterocycles. The van der Waals surface area contributed by atoms with Crippen LogP contribution in [0.1, 0.15) is 23.3 Å². The minimum absolute atomic E-state index is 0.243. The van der Waals surface area contributed by atoms with Gasteiger partial charge in [-0.25, -0.2) is 14.8 Å². The van der Waals surface area contributed by atoms with E-state index in [-0.39, 0.29) is 5.69 Å². The van der Waals surface area contributed by atoms with Gasteiger partial charge >= 0.3 is 5.97 Å². The van der Waals surface area contributed by atoms with Crippen LogP contribution in [0.5, 0.6) is 0 Å². The highest BCUT2D eigenvalue weighted by molar-refractivity contribution is 5.86. The predicted octanol–water partition coefficient (Wildman–Crippen LogP) is 0.794. The normalized spacial score (nSPS) is 19.6. The van der Waals surface area contributed by atoms with E-state index in [4.69, 9.17) is 0 Å². The summed E-state index contributed by atoms with van der Waals surface area (Å²) in [4.78, 5) is 24.2. The van der Waals surface area contributed by atoms with Crippen LogP contribution in [0.15, 0.2) is 12.4 Å². The number of likely N-dealkylation sites (N-methyl/N-ethyl adjacent to an activating group) is 1. The molecule has 2 heterocycles. The van der Waals surface area contributed by atoms with Crippen molar-refractivity contribution in [3.05, 3.63) is 18.1 Å². The largest absolute Gasteiger partial charge is 0.464 e. The van der Waals surface area contributed by atoms with Crippen LogP contribution in [0.4, 0.5) is 5.82 Å². The topological polar surface area (TPSA) is 58.6 Å². The van der Waals surface area contributed by atoms with Crippen LogP contribution in [0.3, 0.4) is 0 Å². The van der Waals surface area contributed by atoms with Crippen LogP contribution in [0.25, 0.3) is 0 Å². The molecule has 2 rings (SSSR count). The van der Waals surface area contributed by atoms with Gasteiger partial charge in [0.05, 0.1) is 19.5 Å². The molecule has 0 aromatic carbocycles. The summed E-state index contributed by atoms with van der Waals surface area (Å²) < 4.78 is 4.61. The Morgan fingerprint density at radius 3 is 2.79 bits per heavy atom. The Kier molecular flexibility index (Phi) is 4.31. The number of carbonyl (C=O) groups is 1. The van der Waals surface area contributed by atoms with E-state index in [2.05, 4.69) is 38.6 Å². The second kappa shape index (κ2) is 5.97. The lowest BCUT2D eigenvalue weighted by Gasteiger charge is -2.36. The lowest BCUT2D eigenvalue weighted by atomic mass is 10.1. The van der Waals surface area contributed by atoms with Gasteiger partial charge in [0.1, 0.15) is 5.82 Å². The van der Waals surface area contributed by atoms with Gasteiger partial charge in [-0.3, -0.25) is 0 Å². The standard InChI is InChI=1S/C13H20N4O2/c1-16(2)10-5-4-6-17(9-10)12-8-14-11(7-15-12)13(18)19-3/h7-8,10H,4-6,9H2,1-3H3. The van der Waals surface area contributed by atoms with E-state index in [0.717, 1.165) is 25.3 Å². The molecule has 0 aliphatic carbocycles. The van der Waals surface area contributed by atoms with Crippen LogP contribution in [-0.4, -0.2) is 61.2 Å². The molecule has 0 amide bonds. The van der Waals surface area contributed by atoms with Crippen LogP contribution in [-0.2, 0) is 4.74 Å². The van der Waals surface area contributed by atoms with E-state index in [9.17, 15) is 4.79 Å². The van der Waals surface area contributed by atoms with Crippen LogP contribution in [0, 0.1) is 0 Å². The molecule has 1 unspecified atom stereocenters. The van der Waals surface area contributed by atoms with E-state index in [0.29, 0.717) is 6.04 Å². The second-order valence-electron chi connectivity index (χ2n) is 4.96.